The van der Waals surface area contributed by atoms with Gasteiger partial charge in [-0.25, -0.2) is 4.98 Å². The Balaban J connectivity index is 1.52. The standard InChI is InChI=1S/C26H31N3O3/c1-18(2)4-5-19-6-11-22(12-7-19)32-23-13-8-20(9-14-23)16-28-26(30)24-15-10-21(17-31-3)29-25(24)27/h6-15,18H,4-5,16-17H2,1-3H3,(H2,27,29)(H,28,30). The maximum Gasteiger partial charge on any atom is 0.255 e. The normalized spacial score (nSPS) is 10.9. The van der Waals surface area contributed by atoms with Crippen LogP contribution in [0.4, 0.5) is 5.82 Å². The van der Waals surface area contributed by atoms with E-state index >= 15 is 0 Å². The van der Waals surface area contributed by atoms with Crippen molar-refractivity contribution in [1.29, 1.82) is 0 Å². The van der Waals surface area contributed by atoms with Gasteiger partial charge in [0.15, 0.2) is 0 Å². The summed E-state index contributed by atoms with van der Waals surface area (Å²) in [4.78, 5) is 16.6. The second-order valence-corrected chi connectivity index (χ2v) is 8.17. The van der Waals surface area contributed by atoms with Gasteiger partial charge >= 0.3 is 0 Å². The van der Waals surface area contributed by atoms with E-state index in [-0.39, 0.29) is 11.7 Å². The summed E-state index contributed by atoms with van der Waals surface area (Å²) in [7, 11) is 1.58. The van der Waals surface area contributed by atoms with Crippen molar-refractivity contribution in [3.8, 4) is 11.5 Å². The molecule has 3 N–H and O–H groups in total. The fourth-order valence-corrected chi connectivity index (χ4v) is 3.21. The van der Waals surface area contributed by atoms with Crippen molar-refractivity contribution in [1.82, 2.24) is 10.3 Å². The van der Waals surface area contributed by atoms with E-state index in [4.69, 9.17) is 15.2 Å². The van der Waals surface area contributed by atoms with Gasteiger partial charge in [-0.05, 0) is 66.3 Å². The summed E-state index contributed by atoms with van der Waals surface area (Å²) in [5.41, 5.74) is 9.22. The van der Waals surface area contributed by atoms with Gasteiger partial charge in [-0.2, -0.15) is 0 Å². The van der Waals surface area contributed by atoms with Crippen LogP contribution < -0.4 is 15.8 Å². The maximum absolute atomic E-state index is 12.4. The molecule has 0 bridgehead atoms. The Kier molecular flexibility index (Phi) is 8.22. The zero-order valence-corrected chi connectivity index (χ0v) is 18.9. The fourth-order valence-electron chi connectivity index (χ4n) is 3.21. The lowest BCUT2D eigenvalue weighted by Gasteiger charge is -2.10. The van der Waals surface area contributed by atoms with Gasteiger partial charge in [-0.15, -0.1) is 0 Å². The molecule has 3 rings (SSSR count). The second-order valence-electron chi connectivity index (χ2n) is 8.17. The molecule has 6 nitrogen and oxygen atoms in total. The number of hydrogen-bond acceptors (Lipinski definition) is 5. The van der Waals surface area contributed by atoms with Crippen LogP contribution in [0.3, 0.4) is 0 Å². The number of carbonyl (C=O) groups excluding carboxylic acids is 1. The van der Waals surface area contributed by atoms with Crippen molar-refractivity contribution in [3.05, 3.63) is 83.0 Å². The van der Waals surface area contributed by atoms with Crippen LogP contribution in [-0.2, 0) is 24.3 Å². The molecule has 0 fully saturated rings. The highest BCUT2D eigenvalue weighted by Gasteiger charge is 2.11. The first-order valence-electron chi connectivity index (χ1n) is 10.8. The smallest absolute Gasteiger partial charge is 0.255 e. The molecule has 0 aliphatic carbocycles. The maximum atomic E-state index is 12.4. The van der Waals surface area contributed by atoms with Crippen LogP contribution in [0, 0.1) is 5.92 Å². The number of aryl methyl sites for hydroxylation is 1. The van der Waals surface area contributed by atoms with E-state index in [9.17, 15) is 4.79 Å². The first-order valence-corrected chi connectivity index (χ1v) is 10.8. The lowest BCUT2D eigenvalue weighted by molar-refractivity contribution is 0.0951. The summed E-state index contributed by atoms with van der Waals surface area (Å²) in [5, 5.41) is 2.87. The monoisotopic (exact) mass is 433 g/mol. The minimum absolute atomic E-state index is 0.191. The predicted molar refractivity (Wildman–Crippen MR) is 127 cm³/mol. The minimum Gasteiger partial charge on any atom is -0.457 e. The molecule has 0 radical (unpaired) electrons. The molecule has 0 spiro atoms. The SMILES string of the molecule is COCc1ccc(C(=O)NCc2ccc(Oc3ccc(CCC(C)C)cc3)cc2)c(N)n1. The number of benzene rings is 2. The molecule has 6 heteroatoms. The van der Waals surface area contributed by atoms with Crippen molar-refractivity contribution in [3.63, 3.8) is 0 Å². The molecule has 0 aliphatic rings. The molecule has 0 aliphatic heterocycles. The fraction of sp³-hybridized carbons (Fsp3) is 0.308. The molecule has 32 heavy (non-hydrogen) atoms. The summed E-state index contributed by atoms with van der Waals surface area (Å²) >= 11 is 0. The van der Waals surface area contributed by atoms with Gasteiger partial charge in [0.2, 0.25) is 0 Å². The van der Waals surface area contributed by atoms with E-state index in [0.29, 0.717) is 30.3 Å². The van der Waals surface area contributed by atoms with Crippen LogP contribution in [0.25, 0.3) is 0 Å². The molecule has 1 amide bonds. The highest BCUT2D eigenvalue weighted by Crippen LogP contribution is 2.23. The molecule has 2 aromatic carbocycles. The summed E-state index contributed by atoms with van der Waals surface area (Å²) in [6.07, 6.45) is 2.26. The van der Waals surface area contributed by atoms with E-state index in [0.717, 1.165) is 23.5 Å². The summed E-state index contributed by atoms with van der Waals surface area (Å²) in [5.74, 6) is 2.17. The molecule has 3 aromatic rings. The Labute approximate surface area is 189 Å². The predicted octanol–water partition coefficient (Wildman–Crippen LogP) is 5.12. The largest absolute Gasteiger partial charge is 0.457 e. The number of hydrogen-bond donors (Lipinski definition) is 2. The zero-order chi connectivity index (χ0) is 22.9. The third-order valence-corrected chi connectivity index (χ3v) is 5.07. The Morgan fingerprint density at radius 3 is 2.16 bits per heavy atom. The van der Waals surface area contributed by atoms with Gasteiger partial charge in [0, 0.05) is 13.7 Å². The number of nitrogen functional groups attached to an aromatic ring is 1. The molecule has 0 saturated carbocycles. The van der Waals surface area contributed by atoms with Crippen molar-refractivity contribution >= 4 is 11.7 Å². The van der Waals surface area contributed by atoms with E-state index in [1.807, 2.05) is 36.4 Å². The Morgan fingerprint density at radius 1 is 0.969 bits per heavy atom. The number of anilines is 1. The van der Waals surface area contributed by atoms with Gasteiger partial charge in [0.05, 0.1) is 17.9 Å². The van der Waals surface area contributed by atoms with Gasteiger partial charge in [0.1, 0.15) is 17.3 Å². The van der Waals surface area contributed by atoms with Crippen LogP contribution in [0.1, 0.15) is 47.4 Å². The zero-order valence-electron chi connectivity index (χ0n) is 18.9. The number of amides is 1. The average Bonchev–Trinajstić information content (AvgIpc) is 2.78. The second kappa shape index (κ2) is 11.3. The summed E-state index contributed by atoms with van der Waals surface area (Å²) in [6, 6.07) is 19.3. The van der Waals surface area contributed by atoms with E-state index in [2.05, 4.69) is 36.3 Å². The van der Waals surface area contributed by atoms with Crippen molar-refractivity contribution in [2.24, 2.45) is 5.92 Å². The number of ether oxygens (including phenoxy) is 2. The van der Waals surface area contributed by atoms with Crippen LogP contribution >= 0.6 is 0 Å². The van der Waals surface area contributed by atoms with Gasteiger partial charge < -0.3 is 20.5 Å². The van der Waals surface area contributed by atoms with Crippen molar-refractivity contribution in [2.45, 2.75) is 39.8 Å². The van der Waals surface area contributed by atoms with E-state index < -0.39 is 0 Å². The first kappa shape index (κ1) is 23.3. The molecule has 1 aromatic heterocycles. The topological polar surface area (TPSA) is 86.5 Å². The molecule has 168 valence electrons. The van der Waals surface area contributed by atoms with Crippen molar-refractivity contribution < 1.29 is 14.3 Å². The highest BCUT2D eigenvalue weighted by atomic mass is 16.5. The van der Waals surface area contributed by atoms with Crippen molar-refractivity contribution in [2.75, 3.05) is 12.8 Å². The Hall–Kier alpha value is -3.38. The van der Waals surface area contributed by atoms with Crippen LogP contribution in [0.15, 0.2) is 60.7 Å². The number of rotatable bonds is 10. The quantitative estimate of drug-likeness (QED) is 0.463. The molecular formula is C26H31N3O3. The Morgan fingerprint density at radius 2 is 1.59 bits per heavy atom. The summed E-state index contributed by atoms with van der Waals surface area (Å²) < 4.78 is 11.0. The third-order valence-electron chi connectivity index (χ3n) is 5.07. The Bertz CT molecular complexity index is 1020. The third kappa shape index (κ3) is 6.82. The van der Waals surface area contributed by atoms with Gasteiger partial charge in [-0.1, -0.05) is 38.1 Å². The van der Waals surface area contributed by atoms with E-state index in [1.165, 1.54) is 12.0 Å². The summed E-state index contributed by atoms with van der Waals surface area (Å²) in [6.45, 7) is 5.20. The first-order chi connectivity index (χ1) is 15.4. The minimum atomic E-state index is -0.267. The van der Waals surface area contributed by atoms with Crippen LogP contribution in [-0.4, -0.2) is 18.0 Å². The van der Waals surface area contributed by atoms with Gasteiger partial charge in [0.25, 0.3) is 5.91 Å². The molecule has 1 heterocycles. The van der Waals surface area contributed by atoms with Crippen LogP contribution in [0.5, 0.6) is 11.5 Å². The number of nitrogens with two attached hydrogens (primary N) is 1. The number of carbonyl (C=O) groups is 1. The number of methoxy groups -OCH3 is 1. The lowest BCUT2D eigenvalue weighted by atomic mass is 10.0. The number of aromatic nitrogens is 1. The van der Waals surface area contributed by atoms with E-state index in [1.54, 1.807) is 19.2 Å². The number of nitrogens with one attached hydrogen (secondary N) is 1. The number of pyridine rings is 1. The molecule has 0 unspecified atom stereocenters. The van der Waals surface area contributed by atoms with Crippen LogP contribution in [0.2, 0.25) is 0 Å². The highest BCUT2D eigenvalue weighted by molar-refractivity contribution is 5.98. The lowest BCUT2D eigenvalue weighted by Crippen LogP contribution is -2.24. The number of nitrogens with zero attached hydrogens (tertiary/aromatic N) is 1. The average molecular weight is 434 g/mol. The van der Waals surface area contributed by atoms with Gasteiger partial charge in [-0.3, -0.25) is 4.79 Å². The molecular weight excluding hydrogens is 402 g/mol. The molecule has 0 saturated heterocycles. The molecule has 0 atom stereocenters.